The van der Waals surface area contributed by atoms with Crippen LogP contribution in [0, 0.1) is 0 Å². The van der Waals surface area contributed by atoms with Crippen molar-refractivity contribution in [1.82, 2.24) is 10.6 Å². The third-order valence-corrected chi connectivity index (χ3v) is 9.37. The van der Waals surface area contributed by atoms with Gasteiger partial charge in [0.05, 0.1) is 41.8 Å². The first-order valence-electron chi connectivity index (χ1n) is 11.6. The van der Waals surface area contributed by atoms with E-state index < -0.39 is 29.3 Å². The van der Waals surface area contributed by atoms with E-state index in [9.17, 15) is 24.3 Å². The van der Waals surface area contributed by atoms with Crippen molar-refractivity contribution in [3.63, 3.8) is 0 Å². The lowest BCUT2D eigenvalue weighted by Crippen LogP contribution is -2.36. The molecule has 3 amide bonds. The van der Waals surface area contributed by atoms with Gasteiger partial charge in [-0.25, -0.2) is 4.79 Å². The summed E-state index contributed by atoms with van der Waals surface area (Å²) in [4.78, 5) is 55.8. The van der Waals surface area contributed by atoms with Gasteiger partial charge in [0.25, 0.3) is 17.7 Å². The summed E-state index contributed by atoms with van der Waals surface area (Å²) in [7, 11) is 2.81. The summed E-state index contributed by atoms with van der Waals surface area (Å²) in [5, 5.41) is 15.6. The van der Waals surface area contributed by atoms with Crippen molar-refractivity contribution in [2.75, 3.05) is 14.1 Å². The molecule has 206 valence electrons. The number of carbonyl (C=O) groups excluding carboxylic acids is 3. The summed E-state index contributed by atoms with van der Waals surface area (Å²) in [6.45, 7) is 0. The zero-order chi connectivity index (χ0) is 29.8. The number of halogens is 5. The highest BCUT2D eigenvalue weighted by molar-refractivity contribution is 6.59. The molecule has 9 nitrogen and oxygen atoms in total. The molecule has 0 atom stereocenters. The normalized spacial score (nSPS) is 13.6. The van der Waals surface area contributed by atoms with Crippen molar-refractivity contribution in [2.45, 2.75) is 0 Å². The maximum Gasteiger partial charge on any atom is 0.338 e. The minimum absolute atomic E-state index is 0.00390. The molecule has 14 heteroatoms. The molecule has 0 spiro atoms. The first-order valence-corrected chi connectivity index (χ1v) is 13.5. The summed E-state index contributed by atoms with van der Waals surface area (Å²) in [5.74, 6) is -3.90. The number of hydrogen-bond acceptors (Lipinski definition) is 5. The van der Waals surface area contributed by atoms with Crippen LogP contribution in [0.3, 0.4) is 0 Å². The fourth-order valence-electron chi connectivity index (χ4n) is 5.69. The maximum absolute atomic E-state index is 13.2. The molecule has 1 heterocycles. The number of benzene rings is 5. The van der Waals surface area contributed by atoms with Gasteiger partial charge in [-0.15, -0.1) is 0 Å². The highest BCUT2D eigenvalue weighted by Gasteiger charge is 2.37. The lowest BCUT2D eigenvalue weighted by molar-refractivity contribution is 0.0687. The van der Waals surface area contributed by atoms with Gasteiger partial charge in [-0.3, -0.25) is 24.7 Å². The van der Waals surface area contributed by atoms with Gasteiger partial charge in [0, 0.05) is 62.9 Å². The summed E-state index contributed by atoms with van der Waals surface area (Å²) < 4.78 is 0. The number of nitrogens with one attached hydrogen (secondary N) is 2. The fourth-order valence-corrected chi connectivity index (χ4v) is 7.19. The zero-order valence-corrected chi connectivity index (χ0v) is 24.4. The van der Waals surface area contributed by atoms with E-state index in [0.717, 1.165) is 0 Å². The van der Waals surface area contributed by atoms with Crippen LogP contribution in [0.2, 0.25) is 25.1 Å². The average molecular weight is 651 g/mol. The molecular formula is C27H13Cl5N4O5. The Morgan fingerprint density at radius 3 is 2.00 bits per heavy atom. The Kier molecular flexibility index (Phi) is 6.19. The minimum Gasteiger partial charge on any atom is -0.478 e. The summed E-state index contributed by atoms with van der Waals surface area (Å²) in [5.41, 5.74) is 5.45. The molecule has 0 aliphatic carbocycles. The number of rotatable bonds is 3. The van der Waals surface area contributed by atoms with Gasteiger partial charge in [-0.05, 0) is 11.5 Å². The van der Waals surface area contributed by atoms with E-state index in [4.69, 9.17) is 63.7 Å². The van der Waals surface area contributed by atoms with Crippen LogP contribution < -0.4 is 16.4 Å². The molecule has 0 saturated heterocycles. The number of nitrogens with zero attached hydrogens (tertiary/aromatic N) is 1. The van der Waals surface area contributed by atoms with Gasteiger partial charge in [0.2, 0.25) is 0 Å². The second-order valence-electron chi connectivity index (χ2n) is 9.13. The van der Waals surface area contributed by atoms with E-state index in [1.807, 2.05) is 0 Å². The summed E-state index contributed by atoms with van der Waals surface area (Å²) in [6.07, 6.45) is 0. The SMILES string of the molecule is CN=C(N)c1c(Cl)c(Cl)c2c3ccc4c5c(c(C(=O)O)c(Cl)c(c6c(Cl)c(Cl)c(C(=O)NC)c1c26)c53)C(=O)NC4=O. The Morgan fingerprint density at radius 1 is 0.780 bits per heavy atom. The molecule has 0 fully saturated rings. The number of aromatic carboxylic acids is 1. The van der Waals surface area contributed by atoms with Crippen LogP contribution in [-0.2, 0) is 0 Å². The van der Waals surface area contributed by atoms with Crippen LogP contribution in [0.5, 0.6) is 0 Å². The number of carbonyl (C=O) groups is 4. The monoisotopic (exact) mass is 648 g/mol. The van der Waals surface area contributed by atoms with Gasteiger partial charge in [-0.1, -0.05) is 64.1 Å². The molecule has 5 N–H and O–H groups in total. The van der Waals surface area contributed by atoms with E-state index in [-0.39, 0.29) is 90.9 Å². The number of carboxylic acids is 1. The number of imide groups is 1. The molecule has 0 saturated carbocycles. The van der Waals surface area contributed by atoms with Gasteiger partial charge >= 0.3 is 5.97 Å². The van der Waals surface area contributed by atoms with Crippen LogP contribution in [0.25, 0.3) is 43.1 Å². The molecule has 5 aromatic carbocycles. The second kappa shape index (κ2) is 9.20. The largest absolute Gasteiger partial charge is 0.478 e. The van der Waals surface area contributed by atoms with E-state index in [1.54, 1.807) is 6.07 Å². The molecule has 1 aliphatic rings. The highest BCUT2D eigenvalue weighted by Crippen LogP contribution is 2.55. The molecule has 0 unspecified atom stereocenters. The molecular weight excluding hydrogens is 638 g/mol. The van der Waals surface area contributed by atoms with Crippen LogP contribution in [0.15, 0.2) is 17.1 Å². The number of carboxylic acid groups (broad SMARTS) is 1. The van der Waals surface area contributed by atoms with Crippen molar-refractivity contribution in [3.8, 4) is 0 Å². The average Bonchev–Trinajstić information content (AvgIpc) is 2.93. The van der Waals surface area contributed by atoms with Gasteiger partial charge in [0.1, 0.15) is 5.84 Å². The lowest BCUT2D eigenvalue weighted by atomic mass is 9.81. The van der Waals surface area contributed by atoms with Crippen LogP contribution in [0.4, 0.5) is 0 Å². The number of nitrogens with two attached hydrogens (primary N) is 1. The molecule has 0 aromatic heterocycles. The van der Waals surface area contributed by atoms with Crippen molar-refractivity contribution in [2.24, 2.45) is 10.7 Å². The summed E-state index contributed by atoms with van der Waals surface area (Å²) >= 11 is 34.2. The Hall–Kier alpha value is -3.60. The third kappa shape index (κ3) is 3.35. The molecule has 1 aliphatic heterocycles. The first-order chi connectivity index (χ1) is 19.4. The lowest BCUT2D eigenvalue weighted by Gasteiger charge is -2.26. The van der Waals surface area contributed by atoms with Crippen LogP contribution in [0.1, 0.15) is 47.0 Å². The highest BCUT2D eigenvalue weighted by atomic mass is 35.5. The Labute approximate surface area is 254 Å². The van der Waals surface area contributed by atoms with Crippen LogP contribution in [-0.4, -0.2) is 48.7 Å². The second-order valence-corrected chi connectivity index (χ2v) is 11.0. The van der Waals surface area contributed by atoms with Crippen molar-refractivity contribution in [1.29, 1.82) is 0 Å². The number of fused-ring (bicyclic) bond motifs is 2. The van der Waals surface area contributed by atoms with Crippen LogP contribution >= 0.6 is 58.0 Å². The van der Waals surface area contributed by atoms with E-state index in [1.165, 1.54) is 20.2 Å². The topological polar surface area (TPSA) is 151 Å². The van der Waals surface area contributed by atoms with E-state index >= 15 is 0 Å². The van der Waals surface area contributed by atoms with Gasteiger partial charge in [-0.2, -0.15) is 0 Å². The van der Waals surface area contributed by atoms with Crippen molar-refractivity contribution >= 4 is 131 Å². The number of amides is 3. The Balaban J connectivity index is 2.13. The Morgan fingerprint density at radius 2 is 1.39 bits per heavy atom. The van der Waals surface area contributed by atoms with Crippen molar-refractivity contribution in [3.05, 3.63) is 65.1 Å². The molecule has 6 rings (SSSR count). The Bertz CT molecular complexity index is 2180. The number of amidine groups is 1. The third-order valence-electron chi connectivity index (χ3n) is 7.29. The predicted molar refractivity (Wildman–Crippen MR) is 161 cm³/mol. The van der Waals surface area contributed by atoms with E-state index in [2.05, 4.69) is 15.6 Å². The minimum atomic E-state index is -1.52. The number of hydrogen-bond donors (Lipinski definition) is 4. The quantitative estimate of drug-likeness (QED) is 0.0593. The smallest absolute Gasteiger partial charge is 0.338 e. The zero-order valence-electron chi connectivity index (χ0n) is 20.6. The standard InChI is InChI=1S/C27H13Cl5N4O5/c1-34-23(33)15-11-10-9(19(29)21(15)31)5-3-4-6-8-7(5)12(13(10)20(30)22(32)16(11)25(38)35-2)18(28)17(27(40)41)14(8)26(39)36-24(6)37/h3-4H,1-2H3,(H2,33,34)(H,35,38)(H,40,41)(H,36,37,39). The molecule has 41 heavy (non-hydrogen) atoms. The fraction of sp³-hybridized carbons (Fsp3) is 0.0741. The van der Waals surface area contributed by atoms with Crippen molar-refractivity contribution < 1.29 is 24.3 Å². The van der Waals surface area contributed by atoms with Gasteiger partial charge < -0.3 is 16.2 Å². The number of aliphatic imine (C=N–C) groups is 1. The molecule has 5 aromatic rings. The first kappa shape index (κ1) is 27.6. The molecule has 0 radical (unpaired) electrons. The van der Waals surface area contributed by atoms with E-state index in [0.29, 0.717) is 5.39 Å². The maximum atomic E-state index is 13.2. The van der Waals surface area contributed by atoms with Gasteiger partial charge in [0.15, 0.2) is 0 Å². The molecule has 0 bridgehead atoms. The summed E-state index contributed by atoms with van der Waals surface area (Å²) in [6, 6.07) is 3.00. The predicted octanol–water partition coefficient (Wildman–Crippen LogP) is 6.28.